The van der Waals surface area contributed by atoms with E-state index in [-0.39, 0.29) is 46.4 Å². The molecule has 0 spiro atoms. The van der Waals surface area contributed by atoms with Crippen molar-refractivity contribution in [2.24, 2.45) is 0 Å². The van der Waals surface area contributed by atoms with Crippen molar-refractivity contribution in [3.8, 4) is 0 Å². The van der Waals surface area contributed by atoms with E-state index in [0.717, 1.165) is 25.7 Å². The molecule has 0 fully saturated rings. The third-order valence-corrected chi connectivity index (χ3v) is 20.8. The van der Waals surface area contributed by atoms with Crippen LogP contribution < -0.4 is 0 Å². The molecule has 0 bridgehead atoms. The van der Waals surface area contributed by atoms with Crippen molar-refractivity contribution < 1.29 is 26.6 Å². The number of hydrogen-bond donors (Lipinski definition) is 0. The minimum Gasteiger partial charge on any atom is -0.370 e. The molecule has 0 saturated carbocycles. The monoisotopic (exact) mass is 755 g/mol. The molecule has 0 N–H and O–H groups in total. The van der Waals surface area contributed by atoms with E-state index in [1.807, 2.05) is 21.6 Å². The molecule has 6 nitrogen and oxygen atoms in total. The van der Waals surface area contributed by atoms with E-state index in [0.29, 0.717) is 0 Å². The molecule has 0 rings (SSSR count). The fourth-order valence-corrected chi connectivity index (χ4v) is 19.4. The Morgan fingerprint density at radius 1 is 0.333 bits per heavy atom. The van der Waals surface area contributed by atoms with Crippen LogP contribution in [0, 0.1) is 0 Å². The van der Waals surface area contributed by atoms with E-state index in [1.54, 1.807) is 0 Å². The zero-order valence-corrected chi connectivity index (χ0v) is 37.8. The van der Waals surface area contributed by atoms with Gasteiger partial charge in [-0.2, -0.15) is 0 Å². The first kappa shape index (κ1) is 48.9. The lowest BCUT2D eigenvalue weighted by molar-refractivity contribution is -0.000177. The van der Waals surface area contributed by atoms with Gasteiger partial charge in [0, 0.05) is 36.6 Å². The van der Waals surface area contributed by atoms with E-state index >= 15 is 0 Å². The molecule has 0 saturated heterocycles. The lowest BCUT2D eigenvalue weighted by Crippen LogP contribution is -2.60. The van der Waals surface area contributed by atoms with Gasteiger partial charge in [0.15, 0.2) is 0 Å². The van der Waals surface area contributed by atoms with Gasteiger partial charge >= 0.3 is 17.6 Å². The molecule has 290 valence electrons. The van der Waals surface area contributed by atoms with Crippen LogP contribution in [-0.4, -0.2) is 64.0 Å². The van der Waals surface area contributed by atoms with Crippen LogP contribution in [0.4, 0.5) is 0 Å². The van der Waals surface area contributed by atoms with Crippen molar-refractivity contribution in [3.63, 3.8) is 0 Å². The summed E-state index contributed by atoms with van der Waals surface area (Å²) >= 11 is 0. The molecule has 0 aromatic carbocycles. The van der Waals surface area contributed by atoms with Gasteiger partial charge in [0.25, 0.3) is 0 Å². The van der Waals surface area contributed by atoms with Gasteiger partial charge in [0.2, 0.25) is 0 Å². The van der Waals surface area contributed by atoms with E-state index in [1.165, 1.54) is 77.0 Å². The van der Waals surface area contributed by atoms with E-state index in [4.69, 9.17) is 26.6 Å². The summed E-state index contributed by atoms with van der Waals surface area (Å²) < 4.78 is 41.2. The summed E-state index contributed by atoms with van der Waals surface area (Å²) in [6, 6.07) is 0. The highest BCUT2D eigenvalue weighted by molar-refractivity contribution is 8.77. The summed E-state index contributed by atoms with van der Waals surface area (Å²) in [5.41, 5.74) is 0. The molecule has 0 heterocycles. The number of unbranched alkanes of at least 4 members (excludes halogenated alkanes) is 12. The predicted molar refractivity (Wildman–Crippen MR) is 217 cm³/mol. The van der Waals surface area contributed by atoms with Gasteiger partial charge in [-0.1, -0.05) is 125 Å². The standard InChI is InChI=1S/C38H82O6S2Si2/c1-15-17-19-21-23-25-27-29-37(47(39-31(3)4,40-32(5)6)41-33(7)8)45-46-38(30-28-26-24-22-20-18-16-2)48(42-34(9)10,43-35(11)12)44-36(13)14/h31-38H,15-30H2,1-14H3. The van der Waals surface area contributed by atoms with Crippen LogP contribution in [0.25, 0.3) is 0 Å². The average Bonchev–Trinajstić information content (AvgIpc) is 2.94. The van der Waals surface area contributed by atoms with Crippen molar-refractivity contribution >= 4 is 39.2 Å². The Labute approximate surface area is 310 Å². The maximum atomic E-state index is 6.87. The second-order valence-corrected chi connectivity index (χ2v) is 23.9. The van der Waals surface area contributed by atoms with Gasteiger partial charge in [-0.05, 0) is 95.9 Å². The highest BCUT2D eigenvalue weighted by Crippen LogP contribution is 2.46. The molecule has 0 amide bonds. The predicted octanol–water partition coefficient (Wildman–Crippen LogP) is 12.9. The summed E-state index contributed by atoms with van der Waals surface area (Å²) in [5.74, 6) is 0. The topological polar surface area (TPSA) is 55.4 Å². The molecule has 0 aliphatic carbocycles. The Morgan fingerprint density at radius 2 is 0.542 bits per heavy atom. The minimum atomic E-state index is -3.14. The highest BCUT2D eigenvalue weighted by Gasteiger charge is 2.56. The maximum Gasteiger partial charge on any atom is 0.516 e. The Morgan fingerprint density at radius 3 is 0.750 bits per heavy atom. The van der Waals surface area contributed by atoms with Gasteiger partial charge < -0.3 is 26.6 Å². The zero-order chi connectivity index (χ0) is 36.6. The van der Waals surface area contributed by atoms with Crippen molar-refractivity contribution in [1.82, 2.24) is 0 Å². The van der Waals surface area contributed by atoms with Crippen LogP contribution in [0.5, 0.6) is 0 Å². The summed E-state index contributed by atoms with van der Waals surface area (Å²) in [6.07, 6.45) is 19.9. The first-order valence-corrected chi connectivity index (χ1v) is 25.9. The van der Waals surface area contributed by atoms with Crippen LogP contribution in [0.15, 0.2) is 0 Å². The molecule has 2 atom stereocenters. The highest BCUT2D eigenvalue weighted by atomic mass is 33.1. The normalized spacial score (nSPS) is 14.5. The second-order valence-electron chi connectivity index (χ2n) is 15.2. The van der Waals surface area contributed by atoms with Crippen LogP contribution in [-0.2, 0) is 26.6 Å². The molecule has 0 radical (unpaired) electrons. The fourth-order valence-electron chi connectivity index (χ4n) is 5.87. The van der Waals surface area contributed by atoms with Crippen molar-refractivity contribution in [2.45, 2.75) is 246 Å². The fraction of sp³-hybridized carbons (Fsp3) is 1.00. The summed E-state index contributed by atoms with van der Waals surface area (Å²) in [5, 5.41) is 0. The van der Waals surface area contributed by atoms with Crippen LogP contribution in [0.1, 0.15) is 200 Å². The second kappa shape index (κ2) is 28.4. The molecule has 48 heavy (non-hydrogen) atoms. The smallest absolute Gasteiger partial charge is 0.370 e. The molecule has 0 aliphatic heterocycles. The first-order valence-electron chi connectivity index (χ1n) is 20.0. The van der Waals surface area contributed by atoms with E-state index < -0.39 is 17.6 Å². The quantitative estimate of drug-likeness (QED) is 0.0373. The van der Waals surface area contributed by atoms with E-state index in [9.17, 15) is 0 Å². The van der Waals surface area contributed by atoms with Crippen molar-refractivity contribution in [2.75, 3.05) is 0 Å². The molecule has 10 heteroatoms. The van der Waals surface area contributed by atoms with Gasteiger partial charge in [-0.15, -0.1) is 0 Å². The maximum absolute atomic E-state index is 6.87. The molecular formula is C38H82O6S2Si2. The van der Waals surface area contributed by atoms with Gasteiger partial charge in [0.1, 0.15) is 0 Å². The van der Waals surface area contributed by atoms with Crippen LogP contribution >= 0.6 is 21.6 Å². The first-order chi connectivity index (χ1) is 22.6. The van der Waals surface area contributed by atoms with Crippen LogP contribution in [0.3, 0.4) is 0 Å². The SMILES string of the molecule is CCCCCCCCCC(SSC(CCCCCCCCC)[Si](OC(C)C)(OC(C)C)OC(C)C)[Si](OC(C)C)(OC(C)C)OC(C)C. The molecular weight excluding hydrogens is 673 g/mol. The lowest BCUT2D eigenvalue weighted by atomic mass is 10.1. The van der Waals surface area contributed by atoms with Crippen molar-refractivity contribution in [1.29, 1.82) is 0 Å². The largest absolute Gasteiger partial charge is 0.516 e. The minimum absolute atomic E-state index is 0.00565. The van der Waals surface area contributed by atoms with Crippen molar-refractivity contribution in [3.05, 3.63) is 0 Å². The average molecular weight is 755 g/mol. The molecule has 0 aliphatic rings. The Kier molecular flexibility index (Phi) is 28.9. The zero-order valence-electron chi connectivity index (χ0n) is 34.2. The summed E-state index contributed by atoms with van der Waals surface area (Å²) in [6.45, 7) is 29.9. The van der Waals surface area contributed by atoms with Gasteiger partial charge in [-0.3, -0.25) is 0 Å². The Balaban J connectivity index is 6.61. The number of rotatable bonds is 33. The van der Waals surface area contributed by atoms with Gasteiger partial charge in [0.05, 0.1) is 9.75 Å². The summed E-state index contributed by atoms with van der Waals surface area (Å²) in [7, 11) is -2.45. The Hall–Kier alpha value is 0.894. The molecule has 2 unspecified atom stereocenters. The molecule has 0 aromatic heterocycles. The summed E-state index contributed by atoms with van der Waals surface area (Å²) in [4.78, 5) is 0.177. The Bertz CT molecular complexity index is 629. The molecule has 0 aromatic rings. The van der Waals surface area contributed by atoms with Crippen LogP contribution in [0.2, 0.25) is 0 Å². The lowest BCUT2D eigenvalue weighted by Gasteiger charge is -2.41. The van der Waals surface area contributed by atoms with E-state index in [2.05, 4.69) is 96.9 Å². The number of hydrogen-bond acceptors (Lipinski definition) is 8. The third-order valence-electron chi connectivity index (χ3n) is 7.62. The van der Waals surface area contributed by atoms with Gasteiger partial charge in [-0.25, -0.2) is 0 Å². The third kappa shape index (κ3) is 22.7.